The Morgan fingerprint density at radius 2 is 2.00 bits per heavy atom. The van der Waals surface area contributed by atoms with Gasteiger partial charge in [0.25, 0.3) is 0 Å². The van der Waals surface area contributed by atoms with E-state index in [9.17, 15) is 0 Å². The maximum absolute atomic E-state index is 5.23. The van der Waals surface area contributed by atoms with Crippen molar-refractivity contribution in [3.63, 3.8) is 0 Å². The minimum atomic E-state index is 0.602. The summed E-state index contributed by atoms with van der Waals surface area (Å²) in [6.45, 7) is 0.787. The summed E-state index contributed by atoms with van der Waals surface area (Å²) in [5.74, 6) is 4.31. The van der Waals surface area contributed by atoms with Gasteiger partial charge in [-0.25, -0.2) is 9.67 Å². The second kappa shape index (κ2) is 6.19. The SMILES string of the molecule is COc1ccc(Cn2nc(C3CC3)nc2CC2C=CCC2)cc1. The number of hydrogen-bond donors (Lipinski definition) is 0. The topological polar surface area (TPSA) is 39.9 Å². The molecule has 0 N–H and O–H groups in total. The Morgan fingerprint density at radius 3 is 2.65 bits per heavy atom. The van der Waals surface area contributed by atoms with Gasteiger partial charge >= 0.3 is 0 Å². The van der Waals surface area contributed by atoms with E-state index in [4.69, 9.17) is 14.8 Å². The van der Waals surface area contributed by atoms with Crippen molar-refractivity contribution >= 4 is 0 Å². The quantitative estimate of drug-likeness (QED) is 0.764. The van der Waals surface area contributed by atoms with Gasteiger partial charge < -0.3 is 4.74 Å². The van der Waals surface area contributed by atoms with Crippen molar-refractivity contribution < 1.29 is 4.74 Å². The van der Waals surface area contributed by atoms with Crippen molar-refractivity contribution in [2.45, 2.75) is 44.6 Å². The van der Waals surface area contributed by atoms with Crippen LogP contribution in [-0.2, 0) is 13.0 Å². The molecule has 120 valence electrons. The predicted molar refractivity (Wildman–Crippen MR) is 89.7 cm³/mol. The van der Waals surface area contributed by atoms with Crippen molar-refractivity contribution in [2.75, 3.05) is 7.11 Å². The lowest BCUT2D eigenvalue weighted by molar-refractivity contribution is 0.414. The molecule has 0 radical (unpaired) electrons. The van der Waals surface area contributed by atoms with Gasteiger partial charge in [0, 0.05) is 12.3 Å². The number of benzene rings is 1. The molecule has 0 spiro atoms. The molecule has 1 aromatic heterocycles. The standard InChI is InChI=1S/C19H23N3O/c1-23-17-10-6-15(7-11-17)13-22-18(12-14-4-2-3-5-14)20-19(21-22)16-8-9-16/h2,4,6-7,10-11,14,16H,3,5,8-9,12-13H2,1H3. The van der Waals surface area contributed by atoms with Crippen LogP contribution in [0.1, 0.15) is 48.8 Å². The minimum Gasteiger partial charge on any atom is -0.497 e. The summed E-state index contributed by atoms with van der Waals surface area (Å²) in [5.41, 5.74) is 1.24. The highest BCUT2D eigenvalue weighted by Gasteiger charge is 2.29. The lowest BCUT2D eigenvalue weighted by Gasteiger charge is -2.10. The fraction of sp³-hybridized carbons (Fsp3) is 0.474. The maximum atomic E-state index is 5.23. The van der Waals surface area contributed by atoms with Crippen LogP contribution in [0.5, 0.6) is 5.75 Å². The summed E-state index contributed by atoms with van der Waals surface area (Å²) in [6, 6.07) is 8.23. The molecule has 4 nitrogen and oxygen atoms in total. The summed E-state index contributed by atoms with van der Waals surface area (Å²) >= 11 is 0. The molecule has 2 aliphatic carbocycles. The fourth-order valence-electron chi connectivity index (χ4n) is 3.19. The summed E-state index contributed by atoms with van der Waals surface area (Å²) in [4.78, 5) is 4.86. The highest BCUT2D eigenvalue weighted by Crippen LogP contribution is 2.38. The van der Waals surface area contributed by atoms with Crippen molar-refractivity contribution in [2.24, 2.45) is 5.92 Å². The Hall–Kier alpha value is -2.10. The Labute approximate surface area is 137 Å². The van der Waals surface area contributed by atoms with E-state index in [0.29, 0.717) is 11.8 Å². The van der Waals surface area contributed by atoms with Crippen LogP contribution >= 0.6 is 0 Å². The molecule has 4 heteroatoms. The molecule has 1 heterocycles. The number of rotatable bonds is 6. The van der Waals surface area contributed by atoms with Gasteiger partial charge in [0.05, 0.1) is 13.7 Å². The number of allylic oxidation sites excluding steroid dienone is 2. The van der Waals surface area contributed by atoms with Gasteiger partial charge in [0.2, 0.25) is 0 Å². The van der Waals surface area contributed by atoms with E-state index in [1.807, 2.05) is 12.1 Å². The molecular weight excluding hydrogens is 286 g/mol. The molecule has 1 fully saturated rings. The molecule has 1 saturated carbocycles. The minimum absolute atomic E-state index is 0.602. The molecule has 1 atom stereocenters. The Morgan fingerprint density at radius 1 is 1.17 bits per heavy atom. The molecule has 1 unspecified atom stereocenters. The van der Waals surface area contributed by atoms with Gasteiger partial charge in [-0.05, 0) is 49.3 Å². The zero-order chi connectivity index (χ0) is 15.6. The van der Waals surface area contributed by atoms with Crippen molar-refractivity contribution in [1.29, 1.82) is 0 Å². The first kappa shape index (κ1) is 14.5. The van der Waals surface area contributed by atoms with E-state index in [1.165, 1.54) is 31.2 Å². The Balaban J connectivity index is 1.55. The van der Waals surface area contributed by atoms with Crippen LogP contribution in [-0.4, -0.2) is 21.9 Å². The summed E-state index contributed by atoms with van der Waals surface area (Å²) < 4.78 is 7.35. The number of nitrogens with zero attached hydrogens (tertiary/aromatic N) is 3. The molecule has 1 aromatic carbocycles. The van der Waals surface area contributed by atoms with Crippen molar-refractivity contribution in [3.8, 4) is 5.75 Å². The average Bonchev–Trinajstić information content (AvgIpc) is 3.17. The van der Waals surface area contributed by atoms with Gasteiger partial charge in [-0.3, -0.25) is 0 Å². The molecule has 2 aliphatic rings. The first-order valence-electron chi connectivity index (χ1n) is 8.55. The smallest absolute Gasteiger partial charge is 0.154 e. The van der Waals surface area contributed by atoms with Crippen molar-refractivity contribution in [1.82, 2.24) is 14.8 Å². The first-order valence-corrected chi connectivity index (χ1v) is 8.55. The van der Waals surface area contributed by atoms with Gasteiger partial charge in [-0.1, -0.05) is 24.3 Å². The van der Waals surface area contributed by atoms with Gasteiger partial charge in [0.1, 0.15) is 11.6 Å². The summed E-state index contributed by atoms with van der Waals surface area (Å²) in [6.07, 6.45) is 10.6. The van der Waals surface area contributed by atoms with Gasteiger partial charge in [-0.15, -0.1) is 0 Å². The van der Waals surface area contributed by atoms with Crippen LogP contribution in [0.25, 0.3) is 0 Å². The zero-order valence-electron chi connectivity index (χ0n) is 13.6. The third-order valence-corrected chi connectivity index (χ3v) is 4.76. The normalized spacial score (nSPS) is 20.1. The maximum Gasteiger partial charge on any atom is 0.154 e. The molecule has 0 amide bonds. The largest absolute Gasteiger partial charge is 0.497 e. The summed E-state index contributed by atoms with van der Waals surface area (Å²) in [7, 11) is 1.70. The van der Waals surface area contributed by atoms with Crippen LogP contribution in [0, 0.1) is 5.92 Å². The molecule has 2 aromatic rings. The second-order valence-electron chi connectivity index (χ2n) is 6.64. The third kappa shape index (κ3) is 3.31. The van der Waals surface area contributed by atoms with Crippen molar-refractivity contribution in [3.05, 3.63) is 53.6 Å². The molecule has 0 saturated heterocycles. The number of hydrogen-bond acceptors (Lipinski definition) is 3. The van der Waals surface area contributed by atoms with E-state index < -0.39 is 0 Å². The number of aromatic nitrogens is 3. The average molecular weight is 309 g/mol. The van der Waals surface area contributed by atoms with E-state index in [2.05, 4.69) is 29.0 Å². The van der Waals surface area contributed by atoms with Gasteiger partial charge in [0.15, 0.2) is 5.82 Å². The van der Waals surface area contributed by atoms with E-state index in [1.54, 1.807) is 7.11 Å². The Kier molecular flexibility index (Phi) is 3.90. The molecule has 0 aliphatic heterocycles. The monoisotopic (exact) mass is 309 g/mol. The van der Waals surface area contributed by atoms with E-state index in [0.717, 1.165) is 30.4 Å². The molecule has 4 rings (SSSR count). The summed E-state index contributed by atoms with van der Waals surface area (Å²) in [5, 5.41) is 4.80. The van der Waals surface area contributed by atoms with E-state index >= 15 is 0 Å². The number of methoxy groups -OCH3 is 1. The van der Waals surface area contributed by atoms with Crippen LogP contribution < -0.4 is 4.74 Å². The highest BCUT2D eigenvalue weighted by atomic mass is 16.5. The predicted octanol–water partition coefficient (Wildman–Crippen LogP) is 3.72. The number of ether oxygens (including phenoxy) is 1. The third-order valence-electron chi connectivity index (χ3n) is 4.76. The van der Waals surface area contributed by atoms with Gasteiger partial charge in [-0.2, -0.15) is 5.10 Å². The van der Waals surface area contributed by atoms with E-state index in [-0.39, 0.29) is 0 Å². The highest BCUT2D eigenvalue weighted by molar-refractivity contribution is 5.27. The first-order chi connectivity index (χ1) is 11.3. The molecule has 0 bridgehead atoms. The molecular formula is C19H23N3O. The van der Waals surface area contributed by atoms with Crippen LogP contribution in [0.3, 0.4) is 0 Å². The fourth-order valence-corrected chi connectivity index (χ4v) is 3.19. The van der Waals surface area contributed by atoms with Crippen LogP contribution in [0.15, 0.2) is 36.4 Å². The second-order valence-corrected chi connectivity index (χ2v) is 6.64. The molecule has 23 heavy (non-hydrogen) atoms. The van der Waals surface area contributed by atoms with Crippen LogP contribution in [0.4, 0.5) is 0 Å². The Bertz CT molecular complexity index is 698. The zero-order valence-corrected chi connectivity index (χ0v) is 13.6. The lowest BCUT2D eigenvalue weighted by Crippen LogP contribution is -2.10. The lowest BCUT2D eigenvalue weighted by atomic mass is 10.1. The van der Waals surface area contributed by atoms with Crippen LogP contribution in [0.2, 0.25) is 0 Å².